The van der Waals surface area contributed by atoms with E-state index in [1.807, 2.05) is 34.0 Å². The molecule has 0 aliphatic heterocycles. The fourth-order valence-electron chi connectivity index (χ4n) is 1.50. The van der Waals surface area contributed by atoms with Gasteiger partial charge in [-0.15, -0.1) is 12.4 Å². The standard InChI is InChI=1S/C12H20BrN3O.ClH/c1-8(2)12(3,7-14)15-11(17)10-5-9(13)6-16(10)4;/h5-6,8H,7,14H2,1-4H3,(H,15,17);1H. The van der Waals surface area contributed by atoms with Gasteiger partial charge in [-0.1, -0.05) is 13.8 Å². The van der Waals surface area contributed by atoms with Crippen LogP contribution < -0.4 is 11.1 Å². The van der Waals surface area contributed by atoms with E-state index in [1.54, 1.807) is 10.6 Å². The van der Waals surface area contributed by atoms with Crippen LogP contribution in [0.4, 0.5) is 0 Å². The molecule has 1 unspecified atom stereocenters. The van der Waals surface area contributed by atoms with Gasteiger partial charge >= 0.3 is 0 Å². The predicted octanol–water partition coefficient (Wildman–Crippen LogP) is 2.31. The van der Waals surface area contributed by atoms with Gasteiger partial charge < -0.3 is 15.6 Å². The highest BCUT2D eigenvalue weighted by atomic mass is 79.9. The Labute approximate surface area is 123 Å². The van der Waals surface area contributed by atoms with Crippen LogP contribution >= 0.6 is 28.3 Å². The maximum Gasteiger partial charge on any atom is 0.268 e. The molecule has 6 heteroatoms. The molecule has 0 aliphatic carbocycles. The van der Waals surface area contributed by atoms with Crippen molar-refractivity contribution in [2.75, 3.05) is 6.54 Å². The molecule has 0 saturated carbocycles. The fraction of sp³-hybridized carbons (Fsp3) is 0.583. The van der Waals surface area contributed by atoms with Crippen LogP contribution in [0.1, 0.15) is 31.3 Å². The van der Waals surface area contributed by atoms with E-state index >= 15 is 0 Å². The molecule has 1 rings (SSSR count). The molecule has 0 aliphatic rings. The monoisotopic (exact) mass is 337 g/mol. The van der Waals surface area contributed by atoms with Crippen molar-refractivity contribution in [2.24, 2.45) is 18.7 Å². The molecule has 0 fully saturated rings. The number of nitrogens with zero attached hydrogens (tertiary/aromatic N) is 1. The number of aromatic nitrogens is 1. The average molecular weight is 339 g/mol. The highest BCUT2D eigenvalue weighted by molar-refractivity contribution is 9.10. The second-order valence-electron chi connectivity index (χ2n) is 4.88. The van der Waals surface area contributed by atoms with Crippen LogP contribution in [0.15, 0.2) is 16.7 Å². The highest BCUT2D eigenvalue weighted by Crippen LogP contribution is 2.18. The molecular weight excluding hydrogens is 318 g/mol. The Bertz CT molecular complexity index is 419. The van der Waals surface area contributed by atoms with Crippen LogP contribution in [0.2, 0.25) is 0 Å². The summed E-state index contributed by atoms with van der Waals surface area (Å²) >= 11 is 3.35. The summed E-state index contributed by atoms with van der Waals surface area (Å²) in [6.07, 6.45) is 1.85. The van der Waals surface area contributed by atoms with E-state index in [2.05, 4.69) is 21.2 Å². The molecule has 0 saturated heterocycles. The molecule has 3 N–H and O–H groups in total. The van der Waals surface area contributed by atoms with Crippen LogP contribution in [0, 0.1) is 5.92 Å². The van der Waals surface area contributed by atoms with Crippen molar-refractivity contribution in [3.05, 3.63) is 22.4 Å². The number of aryl methyl sites for hydroxylation is 1. The number of carbonyl (C=O) groups is 1. The smallest absolute Gasteiger partial charge is 0.268 e. The molecule has 1 amide bonds. The molecule has 0 spiro atoms. The number of nitrogens with one attached hydrogen (secondary N) is 1. The summed E-state index contributed by atoms with van der Waals surface area (Å²) in [7, 11) is 1.84. The first kappa shape index (κ1) is 17.5. The molecule has 0 aromatic carbocycles. The van der Waals surface area contributed by atoms with Crippen molar-refractivity contribution in [3.63, 3.8) is 0 Å². The van der Waals surface area contributed by atoms with E-state index in [1.165, 1.54) is 0 Å². The van der Waals surface area contributed by atoms with Gasteiger partial charge in [0.2, 0.25) is 0 Å². The Morgan fingerprint density at radius 3 is 2.50 bits per heavy atom. The number of amides is 1. The molecule has 1 aromatic rings. The van der Waals surface area contributed by atoms with Gasteiger partial charge in [0.25, 0.3) is 5.91 Å². The highest BCUT2D eigenvalue weighted by Gasteiger charge is 2.29. The van der Waals surface area contributed by atoms with Crippen LogP contribution in [0.25, 0.3) is 0 Å². The molecule has 1 heterocycles. The van der Waals surface area contributed by atoms with E-state index < -0.39 is 0 Å². The predicted molar refractivity (Wildman–Crippen MR) is 80.1 cm³/mol. The minimum absolute atomic E-state index is 0. The van der Waals surface area contributed by atoms with Gasteiger partial charge in [0.15, 0.2) is 0 Å². The largest absolute Gasteiger partial charge is 0.345 e. The van der Waals surface area contributed by atoms with Gasteiger partial charge in [-0.05, 0) is 34.8 Å². The molecule has 104 valence electrons. The summed E-state index contributed by atoms with van der Waals surface area (Å²) in [4.78, 5) is 12.1. The summed E-state index contributed by atoms with van der Waals surface area (Å²) in [5, 5.41) is 3.01. The Balaban J connectivity index is 0.00000289. The molecule has 18 heavy (non-hydrogen) atoms. The Kier molecular flexibility index (Phi) is 6.40. The summed E-state index contributed by atoms with van der Waals surface area (Å²) in [5.74, 6) is 0.181. The van der Waals surface area contributed by atoms with Gasteiger partial charge in [0.1, 0.15) is 5.69 Å². The van der Waals surface area contributed by atoms with E-state index in [0.29, 0.717) is 12.2 Å². The lowest BCUT2D eigenvalue weighted by Crippen LogP contribution is -2.55. The zero-order valence-electron chi connectivity index (χ0n) is 11.2. The maximum absolute atomic E-state index is 12.1. The lowest BCUT2D eigenvalue weighted by atomic mass is 9.88. The Morgan fingerprint density at radius 2 is 2.17 bits per heavy atom. The van der Waals surface area contributed by atoms with Crippen LogP contribution in [-0.2, 0) is 7.05 Å². The van der Waals surface area contributed by atoms with Crippen molar-refractivity contribution >= 4 is 34.2 Å². The van der Waals surface area contributed by atoms with Gasteiger partial charge in [-0.2, -0.15) is 0 Å². The van der Waals surface area contributed by atoms with Crippen molar-refractivity contribution < 1.29 is 4.79 Å². The van der Waals surface area contributed by atoms with E-state index in [9.17, 15) is 4.79 Å². The van der Waals surface area contributed by atoms with Crippen molar-refractivity contribution in [2.45, 2.75) is 26.3 Å². The Morgan fingerprint density at radius 1 is 1.61 bits per heavy atom. The van der Waals surface area contributed by atoms with E-state index in [0.717, 1.165) is 4.47 Å². The van der Waals surface area contributed by atoms with Gasteiger partial charge in [0.05, 0.1) is 5.54 Å². The van der Waals surface area contributed by atoms with Gasteiger partial charge in [-0.25, -0.2) is 0 Å². The first-order valence-corrected chi connectivity index (χ1v) is 6.44. The SMILES string of the molecule is CC(C)C(C)(CN)NC(=O)c1cc(Br)cn1C.Cl. The van der Waals surface area contributed by atoms with E-state index in [4.69, 9.17) is 5.73 Å². The molecule has 1 aromatic heterocycles. The third-order valence-corrected chi connectivity index (χ3v) is 3.74. The van der Waals surface area contributed by atoms with Crippen molar-refractivity contribution in [3.8, 4) is 0 Å². The normalized spacial score (nSPS) is 13.9. The van der Waals surface area contributed by atoms with Crippen LogP contribution in [0.3, 0.4) is 0 Å². The summed E-state index contributed by atoms with van der Waals surface area (Å²) in [5.41, 5.74) is 5.99. The zero-order valence-corrected chi connectivity index (χ0v) is 13.6. The van der Waals surface area contributed by atoms with E-state index in [-0.39, 0.29) is 29.8 Å². The number of rotatable bonds is 4. The molecule has 4 nitrogen and oxygen atoms in total. The molecule has 1 atom stereocenters. The maximum atomic E-state index is 12.1. The van der Waals surface area contributed by atoms with Crippen LogP contribution in [-0.4, -0.2) is 22.6 Å². The number of carbonyl (C=O) groups excluding carboxylic acids is 1. The topological polar surface area (TPSA) is 60.0 Å². The van der Waals surface area contributed by atoms with Crippen molar-refractivity contribution in [1.29, 1.82) is 0 Å². The number of hydrogen-bond donors (Lipinski definition) is 2. The number of halogens is 2. The summed E-state index contributed by atoms with van der Waals surface area (Å²) in [6.45, 7) is 6.48. The zero-order chi connectivity index (χ0) is 13.2. The number of hydrogen-bond acceptors (Lipinski definition) is 2. The second kappa shape index (κ2) is 6.59. The third-order valence-electron chi connectivity index (χ3n) is 3.30. The lowest BCUT2D eigenvalue weighted by molar-refractivity contribution is 0.0875. The quantitative estimate of drug-likeness (QED) is 0.885. The first-order valence-electron chi connectivity index (χ1n) is 5.64. The lowest BCUT2D eigenvalue weighted by Gasteiger charge is -2.33. The summed E-state index contributed by atoms with van der Waals surface area (Å²) in [6, 6.07) is 1.80. The van der Waals surface area contributed by atoms with Gasteiger partial charge in [0, 0.05) is 24.3 Å². The van der Waals surface area contributed by atoms with Crippen molar-refractivity contribution in [1.82, 2.24) is 9.88 Å². The molecule has 0 bridgehead atoms. The molecular formula is C12H21BrClN3O. The summed E-state index contributed by atoms with van der Waals surface area (Å²) < 4.78 is 2.68. The Hall–Kier alpha value is -0.520. The fourth-order valence-corrected chi connectivity index (χ4v) is 2.03. The second-order valence-corrected chi connectivity index (χ2v) is 5.80. The van der Waals surface area contributed by atoms with Gasteiger partial charge in [-0.3, -0.25) is 4.79 Å². The number of nitrogens with two attached hydrogens (primary N) is 1. The minimum atomic E-state index is -0.381. The molecule has 0 radical (unpaired) electrons. The third kappa shape index (κ3) is 3.73. The van der Waals surface area contributed by atoms with Crippen LogP contribution in [0.5, 0.6) is 0 Å². The average Bonchev–Trinajstić information content (AvgIpc) is 2.57. The minimum Gasteiger partial charge on any atom is -0.345 e. The first-order chi connectivity index (χ1) is 7.80.